The van der Waals surface area contributed by atoms with Gasteiger partial charge in [0.15, 0.2) is 11.3 Å². The van der Waals surface area contributed by atoms with Gasteiger partial charge >= 0.3 is 11.9 Å². The number of ether oxygens (including phenoxy) is 2. The number of esters is 2. The number of nitrogen functional groups attached to an aromatic ring is 1. The number of carbonyl (C=O) groups excluding carboxylic acids is 8. The van der Waals surface area contributed by atoms with Crippen molar-refractivity contribution in [3.05, 3.63) is 44.6 Å². The summed E-state index contributed by atoms with van der Waals surface area (Å²) in [5, 5.41) is 31.8. The van der Waals surface area contributed by atoms with Gasteiger partial charge in [-0.2, -0.15) is 0 Å². The highest BCUT2D eigenvalue weighted by molar-refractivity contribution is 6.10. The Bertz CT molecular complexity index is 2500. The van der Waals surface area contributed by atoms with Gasteiger partial charge in [0.2, 0.25) is 29.1 Å². The summed E-state index contributed by atoms with van der Waals surface area (Å²) in [5.74, 6) is -7.52. The van der Waals surface area contributed by atoms with Crippen LogP contribution >= 0.6 is 0 Å². The van der Waals surface area contributed by atoms with Crippen LogP contribution in [0.5, 0.6) is 0 Å². The minimum absolute atomic E-state index is 0.00357. The topological polar surface area (TPSA) is 319 Å². The molecule has 8 atom stereocenters. The van der Waals surface area contributed by atoms with Gasteiger partial charge in [-0.15, -0.1) is 0 Å². The van der Waals surface area contributed by atoms with Crippen LogP contribution in [-0.4, -0.2) is 148 Å². The zero-order valence-electron chi connectivity index (χ0n) is 39.9. The SMILES string of the molecule is COC(=O)[C@@H]1CCCN1C(=O)[C@H](NC(=O)[C@@H](NC(=O)c1c2nc3c(C(=O)N[C@H](C(=O)N[C@@H](C(=O)N4CCC[C@H]4C(=O)OC)C(C)C)[C@@H](C)O)ccc(C)c3oc-2c(C)c(=O)c1N)[C@@H](C)O)C(C)C. The van der Waals surface area contributed by atoms with E-state index in [-0.39, 0.29) is 46.8 Å². The van der Waals surface area contributed by atoms with Crippen molar-refractivity contribution in [2.24, 2.45) is 11.8 Å². The number of nitrogens with two attached hydrogens (primary N) is 1. The van der Waals surface area contributed by atoms with Gasteiger partial charge in [0, 0.05) is 18.7 Å². The van der Waals surface area contributed by atoms with Crippen LogP contribution in [0.3, 0.4) is 0 Å². The van der Waals surface area contributed by atoms with Crippen LogP contribution in [0.4, 0.5) is 5.69 Å². The zero-order chi connectivity index (χ0) is 50.6. The normalized spacial score (nSPS) is 18.7. The van der Waals surface area contributed by atoms with Crippen LogP contribution in [0, 0.1) is 25.7 Å². The summed E-state index contributed by atoms with van der Waals surface area (Å²) in [6.45, 7) is 12.7. The number of amides is 6. The van der Waals surface area contributed by atoms with E-state index in [9.17, 15) is 53.4 Å². The number of methoxy groups -OCH3 is 2. The van der Waals surface area contributed by atoms with Gasteiger partial charge in [0.25, 0.3) is 11.8 Å². The number of aromatic nitrogens is 1. The van der Waals surface area contributed by atoms with Gasteiger partial charge in [-0.05, 0) is 76.8 Å². The van der Waals surface area contributed by atoms with Crippen molar-refractivity contribution in [3.8, 4) is 11.5 Å². The van der Waals surface area contributed by atoms with Crippen LogP contribution in [-0.2, 0) is 38.2 Å². The van der Waals surface area contributed by atoms with Gasteiger partial charge < -0.3 is 60.9 Å². The molecule has 68 heavy (non-hydrogen) atoms. The number of fused-ring (bicyclic) bond motifs is 2. The first-order valence-electron chi connectivity index (χ1n) is 22.5. The number of likely N-dealkylation sites (tertiary alicyclic amines) is 2. The molecular formula is C46H62N8O14. The van der Waals surface area contributed by atoms with Gasteiger partial charge in [0.1, 0.15) is 47.5 Å². The molecule has 8 N–H and O–H groups in total. The fraction of sp³-hybridized carbons (Fsp3) is 0.565. The average molecular weight is 951 g/mol. The van der Waals surface area contributed by atoms with E-state index in [1.165, 1.54) is 56.9 Å². The molecule has 0 unspecified atom stereocenters. The zero-order valence-corrected chi connectivity index (χ0v) is 39.9. The van der Waals surface area contributed by atoms with Gasteiger partial charge in [-0.25, -0.2) is 14.6 Å². The van der Waals surface area contributed by atoms with E-state index < -0.39 is 124 Å². The van der Waals surface area contributed by atoms with Gasteiger partial charge in [-0.1, -0.05) is 33.8 Å². The Morgan fingerprint density at radius 2 is 1.18 bits per heavy atom. The van der Waals surface area contributed by atoms with E-state index in [4.69, 9.17) is 19.6 Å². The van der Waals surface area contributed by atoms with Crippen LogP contribution in [0.1, 0.15) is 99.1 Å². The number of hydrogen-bond acceptors (Lipinski definition) is 16. The second-order valence-electron chi connectivity index (χ2n) is 18.0. The molecule has 4 aliphatic rings. The predicted octanol–water partition coefficient (Wildman–Crippen LogP) is 0.0598. The molecule has 3 aliphatic heterocycles. The molecular weight excluding hydrogens is 889 g/mol. The Morgan fingerprint density at radius 3 is 1.60 bits per heavy atom. The van der Waals surface area contributed by atoms with E-state index in [0.717, 1.165) is 0 Å². The largest absolute Gasteiger partial charge is 0.467 e. The first-order chi connectivity index (χ1) is 32.0. The molecule has 0 saturated carbocycles. The molecule has 0 bridgehead atoms. The lowest BCUT2D eigenvalue weighted by atomic mass is 9.98. The van der Waals surface area contributed by atoms with Gasteiger partial charge in [0.05, 0.1) is 43.2 Å². The third-order valence-electron chi connectivity index (χ3n) is 12.5. The number of aryl methyl sites for hydroxylation is 1. The summed E-state index contributed by atoms with van der Waals surface area (Å²) < 4.78 is 16.0. The molecule has 1 aromatic carbocycles. The molecule has 370 valence electrons. The van der Waals surface area contributed by atoms with Gasteiger partial charge in [-0.3, -0.25) is 33.6 Å². The lowest BCUT2D eigenvalue weighted by Gasteiger charge is -2.31. The maximum absolute atomic E-state index is 14.3. The molecule has 1 aromatic rings. The van der Waals surface area contributed by atoms with E-state index in [1.54, 1.807) is 34.6 Å². The predicted molar refractivity (Wildman–Crippen MR) is 244 cm³/mol. The number of benzene rings is 2. The summed E-state index contributed by atoms with van der Waals surface area (Å²) in [5.41, 5.74) is 3.99. The van der Waals surface area contributed by atoms with E-state index >= 15 is 0 Å². The van der Waals surface area contributed by atoms with Crippen LogP contribution in [0.15, 0.2) is 21.3 Å². The van der Waals surface area contributed by atoms with Crippen molar-refractivity contribution in [1.82, 2.24) is 36.1 Å². The van der Waals surface area contributed by atoms with Crippen molar-refractivity contribution in [3.63, 3.8) is 0 Å². The number of anilines is 1. The maximum Gasteiger partial charge on any atom is 0.328 e. The molecule has 2 fully saturated rings. The Labute approximate surface area is 392 Å². The summed E-state index contributed by atoms with van der Waals surface area (Å²) >= 11 is 0. The Kier molecular flexibility index (Phi) is 16.5. The number of carbonyl (C=O) groups is 8. The molecule has 0 spiro atoms. The lowest BCUT2D eigenvalue weighted by Crippen LogP contribution is -2.59. The molecule has 6 amide bonds. The van der Waals surface area contributed by atoms with E-state index in [1.807, 2.05) is 0 Å². The second kappa shape index (κ2) is 21.5. The van der Waals surface area contributed by atoms with Crippen molar-refractivity contribution < 1.29 is 62.5 Å². The second-order valence-corrected chi connectivity index (χ2v) is 18.0. The van der Waals surface area contributed by atoms with E-state index in [2.05, 4.69) is 26.3 Å². The number of aliphatic hydroxyl groups excluding tert-OH is 2. The number of aliphatic hydroxyl groups is 2. The number of nitrogens with one attached hydrogen (secondary N) is 4. The molecule has 3 heterocycles. The highest BCUT2D eigenvalue weighted by Crippen LogP contribution is 2.35. The fourth-order valence-electron chi connectivity index (χ4n) is 8.54. The summed E-state index contributed by atoms with van der Waals surface area (Å²) in [6.07, 6.45) is -1.29. The van der Waals surface area contributed by atoms with Crippen molar-refractivity contribution in [1.29, 1.82) is 0 Å². The number of hydrogen-bond donors (Lipinski definition) is 7. The minimum Gasteiger partial charge on any atom is -0.467 e. The Hall–Kier alpha value is -6.68. The third-order valence-corrected chi connectivity index (χ3v) is 12.5. The molecule has 0 radical (unpaired) electrons. The molecule has 22 heteroatoms. The first kappa shape index (κ1) is 52.3. The Balaban J connectivity index is 1.48. The maximum atomic E-state index is 14.3. The van der Waals surface area contributed by atoms with E-state index in [0.29, 0.717) is 31.2 Å². The molecule has 5 rings (SSSR count). The van der Waals surface area contributed by atoms with Crippen molar-refractivity contribution >= 4 is 64.2 Å². The molecule has 2 saturated heterocycles. The quantitative estimate of drug-likeness (QED) is 0.0567. The van der Waals surface area contributed by atoms with Crippen molar-refractivity contribution in [2.75, 3.05) is 33.0 Å². The van der Waals surface area contributed by atoms with Crippen LogP contribution in [0.25, 0.3) is 22.6 Å². The molecule has 0 aromatic heterocycles. The monoisotopic (exact) mass is 950 g/mol. The van der Waals surface area contributed by atoms with Crippen LogP contribution in [0.2, 0.25) is 0 Å². The number of rotatable bonds is 16. The first-order valence-corrected chi connectivity index (χ1v) is 22.5. The molecule has 22 nitrogen and oxygen atoms in total. The standard InChI is InChI=1S/C46H62N8O14/c1-19(2)30(43(62)53-17-11-13-26(53)45(64)66-9)49-41(60)32(23(7)55)51-39(58)25-16-15-21(5)37-34(25)48-35-28(29(47)36(57)22(6)38(35)68-37)40(59)52-33(24(8)56)42(61)50-31(20(3)4)44(63)54-18-12-14-27(54)46(65)67-10/h15-16,19-20,23-24,26-27,30-33,55-56H,11-14,17-18,47H2,1-10H3,(H,49,60)(H,50,61)(H,51,58)(H,52,59)/t23-,24-,26+,27+,30-,31-,32+,33+/m1/s1. The lowest BCUT2D eigenvalue weighted by molar-refractivity contribution is -0.152. The highest BCUT2D eigenvalue weighted by atomic mass is 16.5. The summed E-state index contributed by atoms with van der Waals surface area (Å²) in [4.78, 5) is 129. The smallest absolute Gasteiger partial charge is 0.328 e. The highest BCUT2D eigenvalue weighted by Gasteiger charge is 2.43. The Morgan fingerprint density at radius 1 is 0.721 bits per heavy atom. The molecule has 1 aliphatic carbocycles. The summed E-state index contributed by atoms with van der Waals surface area (Å²) in [6, 6.07) is -4.56. The summed E-state index contributed by atoms with van der Waals surface area (Å²) in [7, 11) is 2.42. The fourth-order valence-corrected chi connectivity index (χ4v) is 8.54. The third kappa shape index (κ3) is 10.5. The van der Waals surface area contributed by atoms with Crippen LogP contribution < -0.4 is 32.4 Å². The minimum atomic E-state index is -1.74. The number of nitrogens with zero attached hydrogens (tertiary/aromatic N) is 3. The van der Waals surface area contributed by atoms with Crippen molar-refractivity contribution in [2.45, 2.75) is 130 Å². The average Bonchev–Trinajstić information content (AvgIpc) is 4.00.